The maximum Gasteiger partial charge on any atom is 0.111 e. The molecule has 3 heteroatoms. The summed E-state index contributed by atoms with van der Waals surface area (Å²) in [5.74, 6) is 0.776. The zero-order valence-corrected chi connectivity index (χ0v) is 9.40. The van der Waals surface area contributed by atoms with E-state index in [1.807, 2.05) is 17.7 Å². The number of aryl methyl sites for hydroxylation is 1. The zero-order chi connectivity index (χ0) is 11.0. The first kappa shape index (κ1) is 10.0. The fourth-order valence-corrected chi connectivity index (χ4v) is 1.97. The summed E-state index contributed by atoms with van der Waals surface area (Å²) in [6.45, 7) is 12.3. The van der Waals surface area contributed by atoms with Gasteiger partial charge < -0.3 is 9.47 Å². The summed E-state index contributed by atoms with van der Waals surface area (Å²) < 4.78 is 1.97. The third-order valence-corrected chi connectivity index (χ3v) is 2.90. The van der Waals surface area contributed by atoms with E-state index in [0.29, 0.717) is 0 Å². The summed E-state index contributed by atoms with van der Waals surface area (Å²) >= 11 is 0. The summed E-state index contributed by atoms with van der Waals surface area (Å²) in [5, 5.41) is 0. The van der Waals surface area contributed by atoms with Gasteiger partial charge in [0, 0.05) is 20.1 Å². The van der Waals surface area contributed by atoms with Crippen LogP contribution in [0.25, 0.3) is 11.8 Å². The van der Waals surface area contributed by atoms with Crippen LogP contribution in [0.15, 0.2) is 19.5 Å². The highest BCUT2D eigenvalue weighted by Gasteiger charge is 2.26. The molecule has 0 radical (unpaired) electrons. The smallest absolute Gasteiger partial charge is 0.111 e. The number of hydrogen-bond donors (Lipinski definition) is 0. The molecule has 1 saturated heterocycles. The Kier molecular flexibility index (Phi) is 2.39. The van der Waals surface area contributed by atoms with Crippen molar-refractivity contribution in [3.05, 3.63) is 30.9 Å². The maximum absolute atomic E-state index is 4.36. The summed E-state index contributed by atoms with van der Waals surface area (Å²) in [6.07, 6.45) is 3.64. The fraction of sp³-hybridized carbons (Fsp3) is 0.417. The average molecular weight is 203 g/mol. The Hall–Kier alpha value is -1.51. The lowest BCUT2D eigenvalue weighted by Crippen LogP contribution is -2.43. The van der Waals surface area contributed by atoms with Gasteiger partial charge in [0.15, 0.2) is 0 Å². The van der Waals surface area contributed by atoms with Crippen LogP contribution in [0, 0.1) is 5.92 Å². The Labute approximate surface area is 90.7 Å². The van der Waals surface area contributed by atoms with Crippen LogP contribution >= 0.6 is 0 Å². The average Bonchev–Trinajstić information content (AvgIpc) is 2.53. The summed E-state index contributed by atoms with van der Waals surface area (Å²) in [7, 11) is 1.97. The molecule has 80 valence electrons. The van der Waals surface area contributed by atoms with E-state index in [2.05, 4.69) is 30.0 Å². The van der Waals surface area contributed by atoms with E-state index < -0.39 is 0 Å². The van der Waals surface area contributed by atoms with Gasteiger partial charge in [-0.25, -0.2) is 4.98 Å². The second-order valence-corrected chi connectivity index (χ2v) is 4.25. The largest absolute Gasteiger partial charge is 0.370 e. The molecule has 15 heavy (non-hydrogen) atoms. The van der Waals surface area contributed by atoms with Crippen molar-refractivity contribution in [2.24, 2.45) is 13.0 Å². The molecule has 0 N–H and O–H groups in total. The van der Waals surface area contributed by atoms with E-state index in [1.165, 1.54) is 0 Å². The van der Waals surface area contributed by atoms with Crippen molar-refractivity contribution in [2.45, 2.75) is 6.92 Å². The second kappa shape index (κ2) is 3.57. The van der Waals surface area contributed by atoms with Crippen molar-refractivity contribution in [1.82, 2.24) is 14.5 Å². The number of aromatic nitrogens is 2. The number of imidazole rings is 1. The minimum atomic E-state index is 0.776. The molecular formula is C12H17N3. The monoisotopic (exact) mass is 203 g/mol. The number of likely N-dealkylation sites (tertiary alicyclic amines) is 1. The molecular weight excluding hydrogens is 186 g/mol. The van der Waals surface area contributed by atoms with Gasteiger partial charge in [-0.1, -0.05) is 20.1 Å². The van der Waals surface area contributed by atoms with Crippen LogP contribution in [0.3, 0.4) is 0 Å². The van der Waals surface area contributed by atoms with Gasteiger partial charge in [-0.2, -0.15) is 0 Å². The molecule has 0 unspecified atom stereocenters. The van der Waals surface area contributed by atoms with Gasteiger partial charge in [-0.3, -0.25) is 0 Å². The molecule has 2 rings (SSSR count). The number of nitrogens with zero attached hydrogens (tertiary/aromatic N) is 3. The lowest BCUT2D eigenvalue weighted by atomic mass is 10.0. The van der Waals surface area contributed by atoms with Gasteiger partial charge in [-0.05, 0) is 12.0 Å². The molecule has 0 spiro atoms. The first-order chi connectivity index (χ1) is 7.13. The first-order valence-electron chi connectivity index (χ1n) is 5.21. The van der Waals surface area contributed by atoms with E-state index >= 15 is 0 Å². The highest BCUT2D eigenvalue weighted by Crippen LogP contribution is 2.27. The third-order valence-electron chi connectivity index (χ3n) is 2.90. The van der Waals surface area contributed by atoms with E-state index in [0.717, 1.165) is 36.1 Å². The van der Waals surface area contributed by atoms with Gasteiger partial charge in [-0.15, -0.1) is 0 Å². The lowest BCUT2D eigenvalue weighted by Gasteiger charge is -2.40. The molecule has 1 fully saturated rings. The lowest BCUT2D eigenvalue weighted by molar-refractivity contribution is 0.191. The van der Waals surface area contributed by atoms with Gasteiger partial charge in [0.05, 0.1) is 17.7 Å². The van der Waals surface area contributed by atoms with Crippen LogP contribution in [-0.4, -0.2) is 27.5 Å². The summed E-state index contributed by atoms with van der Waals surface area (Å²) in [5.41, 5.74) is 3.02. The van der Waals surface area contributed by atoms with Gasteiger partial charge >= 0.3 is 0 Å². The van der Waals surface area contributed by atoms with Gasteiger partial charge in [0.1, 0.15) is 5.69 Å². The fourth-order valence-electron chi connectivity index (χ4n) is 1.97. The normalized spacial score (nSPS) is 16.3. The zero-order valence-electron chi connectivity index (χ0n) is 9.40. The molecule has 1 aliphatic rings. The Bertz CT molecular complexity index is 397. The minimum Gasteiger partial charge on any atom is -0.370 e. The molecule has 3 nitrogen and oxygen atoms in total. The number of hydrogen-bond acceptors (Lipinski definition) is 2. The Balaban J connectivity index is 2.22. The standard InChI is InChI=1S/C12H17N3/c1-5-11-12(13-8-14(11)4)10(3)15-6-9(2)7-15/h5,8-9H,1,3,6-7H2,2,4H3. The third kappa shape index (κ3) is 1.58. The second-order valence-electron chi connectivity index (χ2n) is 4.25. The van der Waals surface area contributed by atoms with Crippen LogP contribution in [0.4, 0.5) is 0 Å². The Morgan fingerprint density at radius 3 is 2.80 bits per heavy atom. The van der Waals surface area contributed by atoms with Crippen molar-refractivity contribution >= 4 is 11.8 Å². The predicted molar refractivity (Wildman–Crippen MR) is 63.1 cm³/mol. The molecule has 1 aliphatic heterocycles. The van der Waals surface area contributed by atoms with Crippen LogP contribution in [0.2, 0.25) is 0 Å². The van der Waals surface area contributed by atoms with E-state index in [-0.39, 0.29) is 0 Å². The predicted octanol–water partition coefficient (Wildman–Crippen LogP) is 1.99. The molecule has 0 amide bonds. The van der Waals surface area contributed by atoms with E-state index in [1.54, 1.807) is 6.33 Å². The van der Waals surface area contributed by atoms with Crippen LogP contribution in [0.5, 0.6) is 0 Å². The van der Waals surface area contributed by atoms with Crippen LogP contribution < -0.4 is 0 Å². The highest BCUT2D eigenvalue weighted by molar-refractivity contribution is 5.67. The maximum atomic E-state index is 4.36. The quantitative estimate of drug-likeness (QED) is 0.749. The van der Waals surface area contributed by atoms with Crippen molar-refractivity contribution in [3.63, 3.8) is 0 Å². The molecule has 0 saturated carbocycles. The topological polar surface area (TPSA) is 21.1 Å². The summed E-state index contributed by atoms with van der Waals surface area (Å²) in [4.78, 5) is 6.63. The van der Waals surface area contributed by atoms with Crippen LogP contribution in [-0.2, 0) is 7.05 Å². The summed E-state index contributed by atoms with van der Waals surface area (Å²) in [6, 6.07) is 0. The van der Waals surface area contributed by atoms with Crippen molar-refractivity contribution in [3.8, 4) is 0 Å². The SMILES string of the molecule is C=Cc1c(C(=C)N2CC(C)C2)ncn1C. The Morgan fingerprint density at radius 1 is 1.60 bits per heavy atom. The number of rotatable bonds is 3. The van der Waals surface area contributed by atoms with Crippen molar-refractivity contribution < 1.29 is 0 Å². The highest BCUT2D eigenvalue weighted by atomic mass is 15.2. The molecule has 1 aromatic heterocycles. The van der Waals surface area contributed by atoms with Crippen molar-refractivity contribution in [1.29, 1.82) is 0 Å². The first-order valence-corrected chi connectivity index (χ1v) is 5.21. The molecule has 0 bridgehead atoms. The molecule has 2 heterocycles. The van der Waals surface area contributed by atoms with Gasteiger partial charge in [0.25, 0.3) is 0 Å². The van der Waals surface area contributed by atoms with Gasteiger partial charge in [0.2, 0.25) is 0 Å². The van der Waals surface area contributed by atoms with E-state index in [4.69, 9.17) is 0 Å². The molecule has 0 aliphatic carbocycles. The Morgan fingerprint density at radius 2 is 2.27 bits per heavy atom. The molecule has 0 aromatic carbocycles. The van der Waals surface area contributed by atoms with Crippen LogP contribution in [0.1, 0.15) is 18.3 Å². The molecule has 0 atom stereocenters. The van der Waals surface area contributed by atoms with Crippen molar-refractivity contribution in [2.75, 3.05) is 13.1 Å². The van der Waals surface area contributed by atoms with E-state index in [9.17, 15) is 0 Å². The minimum absolute atomic E-state index is 0.776. The molecule has 1 aromatic rings.